The van der Waals surface area contributed by atoms with Gasteiger partial charge in [0.2, 0.25) is 17.7 Å². The fourth-order valence-corrected chi connectivity index (χ4v) is 3.21. The van der Waals surface area contributed by atoms with E-state index in [4.69, 9.17) is 0 Å². The van der Waals surface area contributed by atoms with Crippen LogP contribution in [0.2, 0.25) is 0 Å². The summed E-state index contributed by atoms with van der Waals surface area (Å²) >= 11 is 0. The van der Waals surface area contributed by atoms with E-state index in [2.05, 4.69) is 57.5 Å². The summed E-state index contributed by atoms with van der Waals surface area (Å²) in [6, 6.07) is 6.34. The molecule has 6 nitrogen and oxygen atoms in total. The van der Waals surface area contributed by atoms with Gasteiger partial charge in [0.25, 0.3) is 0 Å². The maximum Gasteiger partial charge on any atom is 0.246 e. The van der Waals surface area contributed by atoms with Crippen molar-refractivity contribution < 1.29 is 14.4 Å². The number of carbonyl (C=O) groups excluding carboxylic acids is 3. The highest BCUT2D eigenvalue weighted by molar-refractivity contribution is 5.98. The van der Waals surface area contributed by atoms with Crippen molar-refractivity contribution in [2.45, 2.75) is 93.7 Å². The second kappa shape index (κ2) is 11.5. The molecular weight excluding hydrogens is 402 g/mol. The van der Waals surface area contributed by atoms with Gasteiger partial charge in [-0.1, -0.05) is 67.5 Å². The number of hydrogen-bond donors (Lipinski definition) is 3. The first kappa shape index (κ1) is 27.7. The minimum Gasteiger partial charge on any atom is -0.344 e. The Morgan fingerprint density at radius 2 is 1.38 bits per heavy atom. The number of hydrogen-bond acceptors (Lipinski definition) is 3. The molecule has 0 aliphatic rings. The fraction of sp³-hybridized carbons (Fsp3) is 0.654. The van der Waals surface area contributed by atoms with Gasteiger partial charge < -0.3 is 16.0 Å². The van der Waals surface area contributed by atoms with Crippen LogP contribution in [0, 0.1) is 16.7 Å². The maximum absolute atomic E-state index is 12.8. The zero-order valence-corrected chi connectivity index (χ0v) is 21.4. The Bertz CT molecular complexity index is 771. The first-order valence-electron chi connectivity index (χ1n) is 11.6. The molecule has 1 aromatic rings. The van der Waals surface area contributed by atoms with Gasteiger partial charge in [0.15, 0.2) is 0 Å². The first-order valence-corrected chi connectivity index (χ1v) is 11.6. The molecule has 2 atom stereocenters. The summed E-state index contributed by atoms with van der Waals surface area (Å²) in [6.07, 6.45) is 2.05. The lowest BCUT2D eigenvalue weighted by Gasteiger charge is -2.25. The largest absolute Gasteiger partial charge is 0.344 e. The summed E-state index contributed by atoms with van der Waals surface area (Å²) < 4.78 is 0. The number of carbonyl (C=O) groups is 3. The highest BCUT2D eigenvalue weighted by Gasteiger charge is 2.27. The highest BCUT2D eigenvalue weighted by atomic mass is 16.2. The van der Waals surface area contributed by atoms with Gasteiger partial charge in [-0.2, -0.15) is 0 Å². The second-order valence-corrected chi connectivity index (χ2v) is 11.5. The van der Waals surface area contributed by atoms with Crippen LogP contribution >= 0.6 is 0 Å². The molecule has 0 spiro atoms. The number of benzene rings is 1. The summed E-state index contributed by atoms with van der Waals surface area (Å²) in [7, 11) is 0. The van der Waals surface area contributed by atoms with Gasteiger partial charge in [0.05, 0.1) is 0 Å². The summed E-state index contributed by atoms with van der Waals surface area (Å²) in [5.74, 6) is -0.906. The summed E-state index contributed by atoms with van der Waals surface area (Å²) in [5, 5.41) is 8.40. The van der Waals surface area contributed by atoms with Gasteiger partial charge in [-0.05, 0) is 54.2 Å². The predicted molar refractivity (Wildman–Crippen MR) is 131 cm³/mol. The van der Waals surface area contributed by atoms with Crippen molar-refractivity contribution in [1.29, 1.82) is 0 Å². The van der Waals surface area contributed by atoms with Gasteiger partial charge in [-0.15, -0.1) is 0 Å². The molecular formula is C26H43N3O3. The van der Waals surface area contributed by atoms with Gasteiger partial charge in [0.1, 0.15) is 12.1 Å². The normalized spacial score (nSPS) is 13.9. The van der Waals surface area contributed by atoms with E-state index in [9.17, 15) is 14.4 Å². The van der Waals surface area contributed by atoms with Crippen LogP contribution in [-0.4, -0.2) is 29.8 Å². The molecule has 1 rings (SSSR count). The zero-order chi connectivity index (χ0) is 24.7. The van der Waals surface area contributed by atoms with Gasteiger partial charge >= 0.3 is 0 Å². The smallest absolute Gasteiger partial charge is 0.246 e. The van der Waals surface area contributed by atoms with E-state index in [1.165, 1.54) is 5.56 Å². The Kier molecular flexibility index (Phi) is 9.93. The van der Waals surface area contributed by atoms with Gasteiger partial charge in [-0.25, -0.2) is 0 Å². The quantitative estimate of drug-likeness (QED) is 0.515. The average Bonchev–Trinajstić information content (AvgIpc) is 2.63. The molecule has 1 aromatic carbocycles. The van der Waals surface area contributed by atoms with Crippen LogP contribution in [0.5, 0.6) is 0 Å². The molecule has 3 amide bonds. The number of rotatable bonds is 9. The van der Waals surface area contributed by atoms with Gasteiger partial charge in [-0.3, -0.25) is 14.4 Å². The summed E-state index contributed by atoms with van der Waals surface area (Å²) in [5.41, 5.74) is 2.13. The van der Waals surface area contributed by atoms with E-state index in [-0.39, 0.29) is 34.5 Å². The highest BCUT2D eigenvalue weighted by Crippen LogP contribution is 2.22. The van der Waals surface area contributed by atoms with Crippen LogP contribution in [0.15, 0.2) is 24.3 Å². The topological polar surface area (TPSA) is 87.3 Å². The third-order valence-electron chi connectivity index (χ3n) is 5.08. The van der Waals surface area contributed by atoms with Crippen molar-refractivity contribution in [2.75, 3.05) is 5.32 Å². The van der Waals surface area contributed by atoms with E-state index >= 15 is 0 Å². The lowest BCUT2D eigenvalue weighted by atomic mass is 9.88. The van der Waals surface area contributed by atoms with Crippen molar-refractivity contribution >= 4 is 23.4 Å². The minimum atomic E-state index is -0.732. The third kappa shape index (κ3) is 10.8. The van der Waals surface area contributed by atoms with Crippen molar-refractivity contribution in [3.63, 3.8) is 0 Å². The standard InChI is InChI=1S/C26H43N3O3/c1-17(2)22(29-21(30)14-15-25(4,5)6)24(32)27-18(3)23(31)28-20-12-10-19(11-13-20)16-26(7,8)9/h10-13,17-18,22H,14-16H2,1-9H3,(H,27,32)(H,28,31)(H,29,30)/t18-,22?/m0/s1. The predicted octanol–water partition coefficient (Wildman–Crippen LogP) is 4.69. The molecule has 0 aliphatic heterocycles. The fourth-order valence-electron chi connectivity index (χ4n) is 3.21. The molecule has 0 saturated heterocycles. The Hall–Kier alpha value is -2.37. The van der Waals surface area contributed by atoms with E-state index in [1.807, 2.05) is 38.1 Å². The monoisotopic (exact) mass is 445 g/mol. The van der Waals surface area contributed by atoms with Crippen molar-refractivity contribution in [3.05, 3.63) is 29.8 Å². The molecule has 0 aromatic heterocycles. The van der Waals surface area contributed by atoms with Gasteiger partial charge in [0, 0.05) is 12.1 Å². The zero-order valence-electron chi connectivity index (χ0n) is 21.4. The van der Waals surface area contributed by atoms with Crippen molar-refractivity contribution in [1.82, 2.24) is 10.6 Å². The molecule has 0 aliphatic carbocycles. The molecule has 0 heterocycles. The Morgan fingerprint density at radius 3 is 1.84 bits per heavy atom. The molecule has 1 unspecified atom stereocenters. The average molecular weight is 446 g/mol. The van der Waals surface area contributed by atoms with Crippen LogP contribution in [-0.2, 0) is 20.8 Å². The van der Waals surface area contributed by atoms with Crippen molar-refractivity contribution in [2.24, 2.45) is 16.7 Å². The SMILES string of the molecule is CC(C)C(NC(=O)CCC(C)(C)C)C(=O)N[C@@H](C)C(=O)Nc1ccc(CC(C)(C)C)cc1. The Balaban J connectivity index is 2.65. The maximum atomic E-state index is 12.8. The van der Waals surface area contributed by atoms with E-state index < -0.39 is 12.1 Å². The Labute approximate surface area is 194 Å². The van der Waals surface area contributed by atoms with Crippen LogP contribution in [0.1, 0.15) is 80.7 Å². The molecule has 0 fully saturated rings. The van der Waals surface area contributed by atoms with Crippen LogP contribution in [0.3, 0.4) is 0 Å². The van der Waals surface area contributed by atoms with Crippen molar-refractivity contribution in [3.8, 4) is 0 Å². The van der Waals surface area contributed by atoms with E-state index in [0.717, 1.165) is 12.8 Å². The lowest BCUT2D eigenvalue weighted by molar-refractivity contribution is -0.132. The molecule has 0 bridgehead atoms. The number of amides is 3. The molecule has 180 valence electrons. The summed E-state index contributed by atoms with van der Waals surface area (Å²) in [4.78, 5) is 37.6. The molecule has 6 heteroatoms. The number of anilines is 1. The van der Waals surface area contributed by atoms with Crippen LogP contribution in [0.25, 0.3) is 0 Å². The third-order valence-corrected chi connectivity index (χ3v) is 5.08. The minimum absolute atomic E-state index is 0.0461. The van der Waals surface area contributed by atoms with Crippen LogP contribution < -0.4 is 16.0 Å². The molecule has 0 radical (unpaired) electrons. The molecule has 3 N–H and O–H groups in total. The number of nitrogens with one attached hydrogen (secondary N) is 3. The Morgan fingerprint density at radius 1 is 0.812 bits per heavy atom. The second-order valence-electron chi connectivity index (χ2n) is 11.5. The first-order chi connectivity index (χ1) is 14.6. The van der Waals surface area contributed by atoms with E-state index in [0.29, 0.717) is 12.1 Å². The molecule has 32 heavy (non-hydrogen) atoms. The molecule has 0 saturated carbocycles. The lowest BCUT2D eigenvalue weighted by Crippen LogP contribution is -2.53. The van der Waals surface area contributed by atoms with Crippen LogP contribution in [0.4, 0.5) is 5.69 Å². The van der Waals surface area contributed by atoms with E-state index in [1.54, 1.807) is 6.92 Å². The summed E-state index contributed by atoms with van der Waals surface area (Å²) in [6.45, 7) is 18.2.